The Labute approximate surface area is 110 Å². The topological polar surface area (TPSA) is 47.0 Å². The van der Waals surface area contributed by atoms with E-state index in [4.69, 9.17) is 4.74 Å². The lowest BCUT2D eigenvalue weighted by atomic mass is 10.1. The summed E-state index contributed by atoms with van der Waals surface area (Å²) < 4.78 is 5.34. The molecule has 0 amide bonds. The largest absolute Gasteiger partial charge is 0.374 e. The predicted octanol–water partition coefficient (Wildman–Crippen LogP) is 2.38. The molecular formula is C14H25N3O. The zero-order valence-corrected chi connectivity index (χ0v) is 12.2. The van der Waals surface area contributed by atoms with E-state index in [1.165, 1.54) is 5.56 Å². The van der Waals surface area contributed by atoms with Crippen molar-refractivity contribution in [3.05, 3.63) is 22.8 Å². The molecule has 0 fully saturated rings. The van der Waals surface area contributed by atoms with Crippen LogP contribution >= 0.6 is 0 Å². The fourth-order valence-electron chi connectivity index (χ4n) is 1.81. The molecule has 1 N–H and O–H groups in total. The zero-order chi connectivity index (χ0) is 13.5. The lowest BCUT2D eigenvalue weighted by Gasteiger charge is -2.13. The molecule has 4 nitrogen and oxygen atoms in total. The average molecular weight is 251 g/mol. The molecule has 1 aromatic heterocycles. The van der Waals surface area contributed by atoms with E-state index in [2.05, 4.69) is 29.1 Å². The van der Waals surface area contributed by atoms with E-state index in [-0.39, 0.29) is 0 Å². The van der Waals surface area contributed by atoms with Crippen molar-refractivity contribution in [1.82, 2.24) is 15.3 Å². The van der Waals surface area contributed by atoms with Crippen molar-refractivity contribution < 1.29 is 4.74 Å². The smallest absolute Gasteiger partial charge is 0.154 e. The third-order valence-electron chi connectivity index (χ3n) is 2.76. The Hall–Kier alpha value is -1.00. The van der Waals surface area contributed by atoms with Gasteiger partial charge in [0.15, 0.2) is 5.82 Å². The molecule has 0 saturated carbocycles. The van der Waals surface area contributed by atoms with E-state index in [9.17, 15) is 0 Å². The van der Waals surface area contributed by atoms with Gasteiger partial charge in [-0.25, -0.2) is 9.97 Å². The van der Waals surface area contributed by atoms with Crippen molar-refractivity contribution in [2.75, 3.05) is 13.2 Å². The van der Waals surface area contributed by atoms with E-state index in [0.29, 0.717) is 19.1 Å². The fraction of sp³-hybridized carbons (Fsp3) is 0.714. The minimum Gasteiger partial charge on any atom is -0.374 e. The van der Waals surface area contributed by atoms with Gasteiger partial charge < -0.3 is 10.1 Å². The zero-order valence-electron chi connectivity index (χ0n) is 12.2. The second-order valence-electron chi connectivity index (χ2n) is 4.95. The number of nitrogens with zero attached hydrogens (tertiary/aromatic N) is 2. The first-order valence-electron chi connectivity index (χ1n) is 6.66. The first-order valence-corrected chi connectivity index (χ1v) is 6.66. The number of aromatic nitrogens is 2. The van der Waals surface area contributed by atoms with Crippen molar-refractivity contribution in [2.24, 2.45) is 5.92 Å². The minimum atomic E-state index is 0.498. The van der Waals surface area contributed by atoms with Crippen LogP contribution in [0.3, 0.4) is 0 Å². The maximum Gasteiger partial charge on any atom is 0.154 e. The van der Waals surface area contributed by atoms with Crippen LogP contribution in [0.15, 0.2) is 0 Å². The summed E-state index contributed by atoms with van der Waals surface area (Å²) in [6.45, 7) is 13.5. The number of hydrogen-bond acceptors (Lipinski definition) is 4. The van der Waals surface area contributed by atoms with Crippen molar-refractivity contribution in [3.8, 4) is 0 Å². The monoisotopic (exact) mass is 251 g/mol. The first-order chi connectivity index (χ1) is 8.54. The van der Waals surface area contributed by atoms with Gasteiger partial charge in [0.1, 0.15) is 6.61 Å². The van der Waals surface area contributed by atoms with Crippen LogP contribution in [0.25, 0.3) is 0 Å². The Morgan fingerprint density at radius 2 is 1.78 bits per heavy atom. The van der Waals surface area contributed by atoms with Gasteiger partial charge in [-0.3, -0.25) is 0 Å². The lowest BCUT2D eigenvalue weighted by molar-refractivity contribution is 0.128. The average Bonchev–Trinajstić information content (AvgIpc) is 2.29. The van der Waals surface area contributed by atoms with Crippen molar-refractivity contribution >= 4 is 0 Å². The molecule has 0 bridgehead atoms. The lowest BCUT2D eigenvalue weighted by Crippen LogP contribution is -2.21. The van der Waals surface area contributed by atoms with Crippen molar-refractivity contribution in [2.45, 2.75) is 47.8 Å². The van der Waals surface area contributed by atoms with Crippen LogP contribution in [0.2, 0.25) is 0 Å². The number of ether oxygens (including phenoxy) is 1. The molecule has 0 aliphatic heterocycles. The Kier molecular flexibility index (Phi) is 6.22. The molecular weight excluding hydrogens is 226 g/mol. The molecule has 0 atom stereocenters. The molecule has 1 rings (SSSR count). The minimum absolute atomic E-state index is 0.498. The SMILES string of the molecule is CCOCc1nc(C)c(CNCC(C)C)c(C)n1. The molecule has 1 aromatic rings. The van der Waals surface area contributed by atoms with Crippen LogP contribution in [0.1, 0.15) is 43.5 Å². The van der Waals surface area contributed by atoms with Gasteiger partial charge in [0, 0.05) is 30.1 Å². The molecule has 0 aromatic carbocycles. The van der Waals surface area contributed by atoms with Crippen LogP contribution in [0.4, 0.5) is 0 Å². The van der Waals surface area contributed by atoms with Gasteiger partial charge >= 0.3 is 0 Å². The van der Waals surface area contributed by atoms with Gasteiger partial charge in [0.05, 0.1) is 0 Å². The quantitative estimate of drug-likeness (QED) is 0.808. The van der Waals surface area contributed by atoms with Gasteiger partial charge in [-0.15, -0.1) is 0 Å². The van der Waals surface area contributed by atoms with Gasteiger partial charge in [-0.05, 0) is 33.2 Å². The Morgan fingerprint density at radius 1 is 1.17 bits per heavy atom. The first kappa shape index (κ1) is 15.1. The van der Waals surface area contributed by atoms with Crippen LogP contribution in [-0.4, -0.2) is 23.1 Å². The van der Waals surface area contributed by atoms with Gasteiger partial charge in [0.2, 0.25) is 0 Å². The highest BCUT2D eigenvalue weighted by atomic mass is 16.5. The number of aryl methyl sites for hydroxylation is 2. The second-order valence-corrected chi connectivity index (χ2v) is 4.95. The molecule has 102 valence electrons. The summed E-state index contributed by atoms with van der Waals surface area (Å²) in [6.07, 6.45) is 0. The molecule has 0 radical (unpaired) electrons. The molecule has 0 aliphatic carbocycles. The maximum atomic E-state index is 5.34. The maximum absolute atomic E-state index is 5.34. The molecule has 0 unspecified atom stereocenters. The highest BCUT2D eigenvalue weighted by molar-refractivity contribution is 5.24. The third kappa shape index (κ3) is 4.70. The normalized spacial score (nSPS) is 11.2. The number of nitrogens with one attached hydrogen (secondary N) is 1. The summed E-state index contributed by atoms with van der Waals surface area (Å²) in [5, 5.41) is 3.43. The van der Waals surface area contributed by atoms with Gasteiger partial charge in [-0.1, -0.05) is 13.8 Å². The van der Waals surface area contributed by atoms with E-state index in [1.807, 2.05) is 20.8 Å². The van der Waals surface area contributed by atoms with Crippen molar-refractivity contribution in [3.63, 3.8) is 0 Å². The van der Waals surface area contributed by atoms with E-state index in [1.54, 1.807) is 0 Å². The molecule has 18 heavy (non-hydrogen) atoms. The molecule has 0 aliphatic rings. The van der Waals surface area contributed by atoms with E-state index >= 15 is 0 Å². The number of rotatable bonds is 7. The van der Waals surface area contributed by atoms with Crippen LogP contribution in [-0.2, 0) is 17.9 Å². The molecule has 1 heterocycles. The molecule has 4 heteroatoms. The summed E-state index contributed by atoms with van der Waals surface area (Å²) in [5.74, 6) is 1.43. The highest BCUT2D eigenvalue weighted by Crippen LogP contribution is 2.10. The second kappa shape index (κ2) is 7.44. The highest BCUT2D eigenvalue weighted by Gasteiger charge is 2.08. The van der Waals surface area contributed by atoms with Gasteiger partial charge in [0.25, 0.3) is 0 Å². The fourth-order valence-corrected chi connectivity index (χ4v) is 1.81. The Balaban J connectivity index is 2.68. The summed E-state index contributed by atoms with van der Waals surface area (Å²) in [4.78, 5) is 8.99. The molecule has 0 spiro atoms. The van der Waals surface area contributed by atoms with Crippen LogP contribution in [0, 0.1) is 19.8 Å². The summed E-state index contributed by atoms with van der Waals surface area (Å²) in [7, 11) is 0. The van der Waals surface area contributed by atoms with Crippen LogP contribution in [0.5, 0.6) is 0 Å². The third-order valence-corrected chi connectivity index (χ3v) is 2.76. The Morgan fingerprint density at radius 3 is 2.28 bits per heavy atom. The van der Waals surface area contributed by atoms with Gasteiger partial charge in [-0.2, -0.15) is 0 Å². The van der Waals surface area contributed by atoms with E-state index < -0.39 is 0 Å². The Bertz CT molecular complexity index is 354. The summed E-state index contributed by atoms with van der Waals surface area (Å²) in [6, 6.07) is 0. The standard InChI is InChI=1S/C14H25N3O/c1-6-18-9-14-16-11(4)13(12(5)17-14)8-15-7-10(2)3/h10,15H,6-9H2,1-5H3. The van der Waals surface area contributed by atoms with E-state index in [0.717, 1.165) is 30.3 Å². The predicted molar refractivity (Wildman–Crippen MR) is 73.4 cm³/mol. The number of hydrogen-bond donors (Lipinski definition) is 1. The summed E-state index contributed by atoms with van der Waals surface area (Å²) in [5.41, 5.74) is 3.30. The summed E-state index contributed by atoms with van der Waals surface area (Å²) >= 11 is 0. The molecule has 0 saturated heterocycles. The van der Waals surface area contributed by atoms with Crippen molar-refractivity contribution in [1.29, 1.82) is 0 Å². The van der Waals surface area contributed by atoms with Crippen LogP contribution < -0.4 is 5.32 Å².